The molecule has 0 aliphatic carbocycles. The number of rotatable bonds is 4. The molecule has 0 aromatic heterocycles. The van der Waals surface area contributed by atoms with Gasteiger partial charge in [-0.05, 0) is 13.0 Å². The molecule has 0 bridgehead atoms. The molecule has 0 saturated carbocycles. The van der Waals surface area contributed by atoms with Gasteiger partial charge in [0.05, 0.1) is 0 Å². The fourth-order valence-electron chi connectivity index (χ4n) is 0.375. The van der Waals surface area contributed by atoms with Gasteiger partial charge < -0.3 is 4.74 Å². The zero-order valence-electron chi connectivity index (χ0n) is 5.91. The standard InChI is InChI=1S/C8H10O2/c1-3-4-5-6-8(2)10-7-9/h3-7H,2H2,1H3/b4-3-,6-5-. The predicted octanol–water partition coefficient (Wildman–Crippen LogP) is 1.81. The number of ether oxygens (including phenoxy) is 1. The van der Waals surface area contributed by atoms with Crippen molar-refractivity contribution in [2.45, 2.75) is 6.92 Å². The molecule has 0 aliphatic heterocycles. The Balaban J connectivity index is 3.66. The van der Waals surface area contributed by atoms with Crippen molar-refractivity contribution in [2.75, 3.05) is 0 Å². The Labute approximate surface area is 60.5 Å². The molecule has 0 atom stereocenters. The van der Waals surface area contributed by atoms with E-state index >= 15 is 0 Å². The molecule has 0 N–H and O–H groups in total. The van der Waals surface area contributed by atoms with E-state index in [0.29, 0.717) is 12.2 Å². The monoisotopic (exact) mass is 138 g/mol. The largest absolute Gasteiger partial charge is 0.429 e. The molecule has 0 aliphatic rings. The Morgan fingerprint density at radius 2 is 2.20 bits per heavy atom. The smallest absolute Gasteiger partial charge is 0.298 e. The maximum atomic E-state index is 9.71. The van der Waals surface area contributed by atoms with Gasteiger partial charge in [0.25, 0.3) is 6.47 Å². The Morgan fingerprint density at radius 3 is 2.70 bits per heavy atom. The lowest BCUT2D eigenvalue weighted by Crippen LogP contribution is -1.81. The van der Waals surface area contributed by atoms with E-state index in [-0.39, 0.29) is 0 Å². The summed E-state index contributed by atoms with van der Waals surface area (Å²) >= 11 is 0. The molecule has 0 unspecified atom stereocenters. The van der Waals surface area contributed by atoms with Gasteiger partial charge in [0.15, 0.2) is 0 Å². The van der Waals surface area contributed by atoms with E-state index in [1.165, 1.54) is 0 Å². The van der Waals surface area contributed by atoms with Gasteiger partial charge in [-0.15, -0.1) is 0 Å². The van der Waals surface area contributed by atoms with Crippen LogP contribution in [-0.4, -0.2) is 6.47 Å². The normalized spacial score (nSPS) is 10.5. The minimum Gasteiger partial charge on any atom is -0.429 e. The first-order chi connectivity index (χ1) is 4.81. The molecule has 0 radical (unpaired) electrons. The van der Waals surface area contributed by atoms with Gasteiger partial charge >= 0.3 is 0 Å². The van der Waals surface area contributed by atoms with Crippen molar-refractivity contribution in [2.24, 2.45) is 0 Å². The van der Waals surface area contributed by atoms with Gasteiger partial charge in [-0.3, -0.25) is 4.79 Å². The summed E-state index contributed by atoms with van der Waals surface area (Å²) in [7, 11) is 0. The molecule has 0 fully saturated rings. The van der Waals surface area contributed by atoms with E-state index in [4.69, 9.17) is 0 Å². The van der Waals surface area contributed by atoms with E-state index in [2.05, 4.69) is 11.3 Å². The van der Waals surface area contributed by atoms with Crippen LogP contribution < -0.4 is 0 Å². The van der Waals surface area contributed by atoms with Gasteiger partial charge in [0.1, 0.15) is 5.76 Å². The molecular formula is C8H10O2. The Morgan fingerprint density at radius 1 is 1.50 bits per heavy atom. The fraction of sp³-hybridized carbons (Fsp3) is 0.125. The molecule has 2 heteroatoms. The van der Waals surface area contributed by atoms with Gasteiger partial charge in [-0.2, -0.15) is 0 Å². The van der Waals surface area contributed by atoms with E-state index in [1.807, 2.05) is 19.1 Å². The Kier molecular flexibility index (Phi) is 5.06. The summed E-state index contributed by atoms with van der Waals surface area (Å²) in [4.78, 5) is 9.71. The average molecular weight is 138 g/mol. The summed E-state index contributed by atoms with van der Waals surface area (Å²) in [5.74, 6) is 0.341. The molecule has 2 nitrogen and oxygen atoms in total. The topological polar surface area (TPSA) is 26.3 Å². The highest BCUT2D eigenvalue weighted by Crippen LogP contribution is 1.92. The summed E-state index contributed by atoms with van der Waals surface area (Å²) in [6.45, 7) is 5.69. The molecule has 10 heavy (non-hydrogen) atoms. The van der Waals surface area contributed by atoms with Gasteiger partial charge in [-0.1, -0.05) is 24.8 Å². The summed E-state index contributed by atoms with van der Waals surface area (Å²) in [6, 6.07) is 0. The van der Waals surface area contributed by atoms with Crippen LogP contribution in [0.25, 0.3) is 0 Å². The molecule has 54 valence electrons. The van der Waals surface area contributed by atoms with Crippen molar-refractivity contribution in [1.29, 1.82) is 0 Å². The molecule has 0 heterocycles. The van der Waals surface area contributed by atoms with Gasteiger partial charge in [0.2, 0.25) is 0 Å². The highest BCUT2D eigenvalue weighted by atomic mass is 16.5. The lowest BCUT2D eigenvalue weighted by Gasteiger charge is -1.90. The molecule has 0 spiro atoms. The summed E-state index contributed by atoms with van der Waals surface area (Å²) < 4.78 is 4.39. The number of allylic oxidation sites excluding steroid dienone is 4. The Bertz CT molecular complexity index is 166. The van der Waals surface area contributed by atoms with E-state index in [9.17, 15) is 4.79 Å². The van der Waals surface area contributed by atoms with Crippen LogP contribution in [0.1, 0.15) is 6.92 Å². The maximum absolute atomic E-state index is 9.71. The van der Waals surface area contributed by atoms with Crippen molar-refractivity contribution >= 4 is 6.47 Å². The van der Waals surface area contributed by atoms with Crippen molar-refractivity contribution in [3.8, 4) is 0 Å². The number of carbonyl (C=O) groups is 1. The van der Waals surface area contributed by atoms with E-state index in [0.717, 1.165) is 0 Å². The first-order valence-electron chi connectivity index (χ1n) is 2.90. The minimum absolute atomic E-state index is 0.341. The quantitative estimate of drug-likeness (QED) is 0.336. The third-order valence-electron chi connectivity index (χ3n) is 0.785. The van der Waals surface area contributed by atoms with Crippen LogP contribution in [0.3, 0.4) is 0 Å². The van der Waals surface area contributed by atoms with Crippen LogP contribution in [0.4, 0.5) is 0 Å². The van der Waals surface area contributed by atoms with Gasteiger partial charge in [0, 0.05) is 0 Å². The van der Waals surface area contributed by atoms with E-state index < -0.39 is 0 Å². The van der Waals surface area contributed by atoms with Crippen molar-refractivity contribution in [3.63, 3.8) is 0 Å². The van der Waals surface area contributed by atoms with Crippen LogP contribution in [0, 0.1) is 0 Å². The van der Waals surface area contributed by atoms with Crippen LogP contribution in [0.2, 0.25) is 0 Å². The molecule has 0 saturated heterocycles. The predicted molar refractivity (Wildman–Crippen MR) is 40.2 cm³/mol. The molecule has 0 rings (SSSR count). The minimum atomic E-state index is 0.341. The third kappa shape index (κ3) is 4.84. The maximum Gasteiger partial charge on any atom is 0.298 e. The zero-order valence-corrected chi connectivity index (χ0v) is 5.91. The van der Waals surface area contributed by atoms with Crippen LogP contribution in [0.15, 0.2) is 36.6 Å². The number of hydrogen-bond donors (Lipinski definition) is 0. The van der Waals surface area contributed by atoms with Crippen LogP contribution >= 0.6 is 0 Å². The van der Waals surface area contributed by atoms with Crippen molar-refractivity contribution in [3.05, 3.63) is 36.6 Å². The fourth-order valence-corrected chi connectivity index (χ4v) is 0.375. The lowest BCUT2D eigenvalue weighted by molar-refractivity contribution is -0.124. The van der Waals surface area contributed by atoms with Gasteiger partial charge in [-0.25, -0.2) is 0 Å². The second-order valence-corrected chi connectivity index (χ2v) is 1.57. The van der Waals surface area contributed by atoms with Crippen LogP contribution in [-0.2, 0) is 9.53 Å². The van der Waals surface area contributed by atoms with Crippen molar-refractivity contribution in [1.82, 2.24) is 0 Å². The zero-order chi connectivity index (χ0) is 7.82. The summed E-state index contributed by atoms with van der Waals surface area (Å²) in [6.07, 6.45) is 7.03. The second kappa shape index (κ2) is 5.82. The average Bonchev–Trinajstić information content (AvgIpc) is 1.89. The van der Waals surface area contributed by atoms with E-state index in [1.54, 1.807) is 12.2 Å². The Hall–Kier alpha value is -1.31. The summed E-state index contributed by atoms with van der Waals surface area (Å²) in [5.41, 5.74) is 0. The second-order valence-electron chi connectivity index (χ2n) is 1.57. The number of hydrogen-bond acceptors (Lipinski definition) is 2. The first kappa shape index (κ1) is 8.69. The molecular weight excluding hydrogens is 128 g/mol. The third-order valence-corrected chi connectivity index (χ3v) is 0.785. The molecule has 0 aromatic rings. The molecule has 0 amide bonds. The highest BCUT2D eigenvalue weighted by Gasteiger charge is 1.81. The van der Waals surface area contributed by atoms with Crippen molar-refractivity contribution < 1.29 is 9.53 Å². The molecule has 0 aromatic carbocycles. The first-order valence-corrected chi connectivity index (χ1v) is 2.90. The highest BCUT2D eigenvalue weighted by molar-refractivity contribution is 5.41. The van der Waals surface area contributed by atoms with Crippen LogP contribution in [0.5, 0.6) is 0 Å². The number of carbonyl (C=O) groups excluding carboxylic acids is 1. The summed E-state index contributed by atoms with van der Waals surface area (Å²) in [5, 5.41) is 0. The lowest BCUT2D eigenvalue weighted by atomic mass is 10.4. The SMILES string of the molecule is C=C(/C=C\C=C/C)OC=O.